The summed E-state index contributed by atoms with van der Waals surface area (Å²) < 4.78 is 4.96. The average molecular weight is 277 g/mol. The molecule has 1 saturated carbocycles. The minimum Gasteiger partial charge on any atom is -0.360 e. The Bertz CT molecular complexity index is 519. The van der Waals surface area contributed by atoms with E-state index < -0.39 is 6.04 Å². The molecule has 6 nitrogen and oxygen atoms in total. The number of imide groups is 1. The number of carbonyl (C=O) groups excluding carboxylic acids is 2. The number of aryl methyl sites for hydroxylation is 1. The summed E-state index contributed by atoms with van der Waals surface area (Å²) in [4.78, 5) is 26.0. The second kappa shape index (κ2) is 5.26. The Balaban J connectivity index is 1.69. The van der Waals surface area contributed by atoms with Gasteiger partial charge in [0, 0.05) is 12.1 Å². The molecule has 1 aromatic rings. The summed E-state index contributed by atoms with van der Waals surface area (Å²) in [6.45, 7) is 1.79. The van der Waals surface area contributed by atoms with Crippen LogP contribution >= 0.6 is 0 Å². The molecule has 2 aliphatic rings. The second-order valence-corrected chi connectivity index (χ2v) is 5.62. The van der Waals surface area contributed by atoms with E-state index in [-0.39, 0.29) is 24.3 Å². The van der Waals surface area contributed by atoms with Gasteiger partial charge >= 0.3 is 0 Å². The molecule has 0 aromatic carbocycles. The molecule has 1 saturated heterocycles. The lowest BCUT2D eigenvalue weighted by Crippen LogP contribution is -2.43. The molecule has 2 fully saturated rings. The lowest BCUT2D eigenvalue weighted by atomic mass is 9.94. The van der Waals surface area contributed by atoms with Gasteiger partial charge in [0.15, 0.2) is 5.82 Å². The Morgan fingerprint density at radius 1 is 1.30 bits per heavy atom. The first-order chi connectivity index (χ1) is 9.65. The molecular weight excluding hydrogens is 258 g/mol. The molecule has 1 aliphatic heterocycles. The van der Waals surface area contributed by atoms with Gasteiger partial charge in [0.05, 0.1) is 6.42 Å². The number of carbonyl (C=O) groups is 2. The highest BCUT2D eigenvalue weighted by Gasteiger charge is 2.42. The van der Waals surface area contributed by atoms with Gasteiger partial charge in [0.2, 0.25) is 5.91 Å². The van der Waals surface area contributed by atoms with Crippen LogP contribution in [0, 0.1) is 6.92 Å². The Morgan fingerprint density at radius 2 is 2.05 bits per heavy atom. The van der Waals surface area contributed by atoms with Crippen LogP contribution in [0.3, 0.4) is 0 Å². The van der Waals surface area contributed by atoms with Crippen molar-refractivity contribution in [2.75, 3.05) is 5.32 Å². The van der Waals surface area contributed by atoms with E-state index >= 15 is 0 Å². The zero-order valence-corrected chi connectivity index (χ0v) is 11.6. The number of hydrogen-bond acceptors (Lipinski definition) is 5. The van der Waals surface area contributed by atoms with E-state index in [2.05, 4.69) is 10.5 Å². The highest BCUT2D eigenvalue weighted by molar-refractivity contribution is 6.07. The number of nitrogens with zero attached hydrogens (tertiary/aromatic N) is 2. The first-order valence-electron chi connectivity index (χ1n) is 7.21. The first kappa shape index (κ1) is 13.1. The number of aromatic nitrogens is 1. The van der Waals surface area contributed by atoms with E-state index in [4.69, 9.17) is 4.52 Å². The highest BCUT2D eigenvalue weighted by atomic mass is 16.5. The molecule has 0 radical (unpaired) electrons. The van der Waals surface area contributed by atoms with Gasteiger partial charge in [-0.15, -0.1) is 0 Å². The summed E-state index contributed by atoms with van der Waals surface area (Å²) in [7, 11) is 0. The van der Waals surface area contributed by atoms with Gasteiger partial charge in [-0.3, -0.25) is 14.5 Å². The molecule has 1 unspecified atom stereocenters. The quantitative estimate of drug-likeness (QED) is 0.853. The number of rotatable bonds is 3. The van der Waals surface area contributed by atoms with Crippen molar-refractivity contribution >= 4 is 17.6 Å². The van der Waals surface area contributed by atoms with Crippen molar-refractivity contribution in [3.63, 3.8) is 0 Å². The first-order valence-corrected chi connectivity index (χ1v) is 7.21. The third-order valence-electron chi connectivity index (χ3n) is 4.07. The minimum absolute atomic E-state index is 0.0698. The van der Waals surface area contributed by atoms with Gasteiger partial charge in [-0.25, -0.2) is 0 Å². The third-order valence-corrected chi connectivity index (χ3v) is 4.07. The van der Waals surface area contributed by atoms with E-state index in [1.54, 1.807) is 13.0 Å². The predicted octanol–water partition coefficient (Wildman–Crippen LogP) is 1.86. The summed E-state index contributed by atoms with van der Waals surface area (Å²) in [6, 6.07) is 1.31. The van der Waals surface area contributed by atoms with Gasteiger partial charge in [-0.2, -0.15) is 0 Å². The van der Waals surface area contributed by atoms with Crippen molar-refractivity contribution in [2.45, 2.75) is 57.5 Å². The van der Waals surface area contributed by atoms with Crippen molar-refractivity contribution in [1.82, 2.24) is 10.1 Å². The fraction of sp³-hybridized carbons (Fsp3) is 0.643. The van der Waals surface area contributed by atoms with Crippen LogP contribution in [-0.4, -0.2) is 34.0 Å². The number of nitrogens with one attached hydrogen (secondary N) is 1. The zero-order chi connectivity index (χ0) is 14.1. The molecule has 0 spiro atoms. The van der Waals surface area contributed by atoms with E-state index in [0.29, 0.717) is 11.6 Å². The molecule has 1 atom stereocenters. The molecule has 3 rings (SSSR count). The fourth-order valence-electron chi connectivity index (χ4n) is 3.10. The van der Waals surface area contributed by atoms with Gasteiger partial charge in [0.1, 0.15) is 11.8 Å². The standard InChI is InChI=1S/C14H19N3O3/c1-9-7-12(16-20-9)15-11-8-13(18)17(14(11)19)10-5-3-2-4-6-10/h7,10-11H,2-6,8H2,1H3,(H,15,16). The summed E-state index contributed by atoms with van der Waals surface area (Å²) >= 11 is 0. The molecule has 1 aliphatic carbocycles. The average Bonchev–Trinajstić information content (AvgIpc) is 2.96. The van der Waals surface area contributed by atoms with Gasteiger partial charge in [-0.1, -0.05) is 24.4 Å². The maximum Gasteiger partial charge on any atom is 0.252 e. The summed E-state index contributed by atoms with van der Waals surface area (Å²) in [6.07, 6.45) is 5.49. The van der Waals surface area contributed by atoms with Crippen LogP contribution in [0.15, 0.2) is 10.6 Å². The Labute approximate surface area is 117 Å². The van der Waals surface area contributed by atoms with Crippen LogP contribution in [0.25, 0.3) is 0 Å². The SMILES string of the molecule is Cc1cc(NC2CC(=O)N(C3CCCCC3)C2=O)no1. The van der Waals surface area contributed by atoms with Crippen molar-refractivity contribution < 1.29 is 14.1 Å². The molecule has 108 valence electrons. The van der Waals surface area contributed by atoms with Crippen LogP contribution in [-0.2, 0) is 9.59 Å². The number of likely N-dealkylation sites (tertiary alicyclic amines) is 1. The monoisotopic (exact) mass is 277 g/mol. The van der Waals surface area contributed by atoms with Gasteiger partial charge < -0.3 is 9.84 Å². The summed E-state index contributed by atoms with van der Waals surface area (Å²) in [5.74, 6) is 0.995. The normalized spacial score (nSPS) is 24.4. The molecule has 20 heavy (non-hydrogen) atoms. The van der Waals surface area contributed by atoms with Crippen LogP contribution < -0.4 is 5.32 Å². The zero-order valence-electron chi connectivity index (χ0n) is 11.6. The maximum atomic E-state index is 12.4. The Kier molecular flexibility index (Phi) is 3.46. The number of hydrogen-bond donors (Lipinski definition) is 1. The smallest absolute Gasteiger partial charge is 0.252 e. The van der Waals surface area contributed by atoms with Crippen LogP contribution in [0.2, 0.25) is 0 Å². The molecular formula is C14H19N3O3. The predicted molar refractivity (Wildman–Crippen MR) is 72.0 cm³/mol. The Morgan fingerprint density at radius 3 is 2.70 bits per heavy atom. The number of anilines is 1. The molecule has 2 heterocycles. The maximum absolute atomic E-state index is 12.4. The lowest BCUT2D eigenvalue weighted by molar-refractivity contribution is -0.141. The Hall–Kier alpha value is -1.85. The summed E-state index contributed by atoms with van der Waals surface area (Å²) in [5, 5.41) is 6.80. The summed E-state index contributed by atoms with van der Waals surface area (Å²) in [5.41, 5.74) is 0. The van der Waals surface area contributed by atoms with Crippen LogP contribution in [0.1, 0.15) is 44.3 Å². The van der Waals surface area contributed by atoms with E-state index in [1.165, 1.54) is 11.3 Å². The highest BCUT2D eigenvalue weighted by Crippen LogP contribution is 2.28. The van der Waals surface area contributed by atoms with Gasteiger partial charge in [0.25, 0.3) is 5.91 Å². The van der Waals surface area contributed by atoms with E-state index in [9.17, 15) is 9.59 Å². The largest absolute Gasteiger partial charge is 0.360 e. The fourth-order valence-corrected chi connectivity index (χ4v) is 3.10. The molecule has 2 amide bonds. The molecule has 1 aromatic heterocycles. The third kappa shape index (κ3) is 2.42. The molecule has 0 bridgehead atoms. The topological polar surface area (TPSA) is 75.4 Å². The van der Waals surface area contributed by atoms with Crippen molar-refractivity contribution in [1.29, 1.82) is 0 Å². The molecule has 1 N–H and O–H groups in total. The van der Waals surface area contributed by atoms with Crippen LogP contribution in [0.4, 0.5) is 5.82 Å². The molecule has 6 heteroatoms. The van der Waals surface area contributed by atoms with E-state index in [1.807, 2.05) is 0 Å². The lowest BCUT2D eigenvalue weighted by Gasteiger charge is -2.29. The minimum atomic E-state index is -0.506. The number of amides is 2. The van der Waals surface area contributed by atoms with Crippen molar-refractivity contribution in [3.05, 3.63) is 11.8 Å². The van der Waals surface area contributed by atoms with E-state index in [0.717, 1.165) is 25.7 Å². The second-order valence-electron chi connectivity index (χ2n) is 5.62. The van der Waals surface area contributed by atoms with Gasteiger partial charge in [-0.05, 0) is 19.8 Å². The van der Waals surface area contributed by atoms with Crippen molar-refractivity contribution in [2.24, 2.45) is 0 Å². The van der Waals surface area contributed by atoms with Crippen LogP contribution in [0.5, 0.6) is 0 Å². The van der Waals surface area contributed by atoms with Crippen molar-refractivity contribution in [3.8, 4) is 0 Å².